The van der Waals surface area contributed by atoms with Crippen molar-refractivity contribution in [3.8, 4) is 23.7 Å². The Kier molecular flexibility index (Phi) is 48.7. The van der Waals surface area contributed by atoms with Gasteiger partial charge in [0.25, 0.3) is 0 Å². The molecule has 0 saturated heterocycles. The number of methoxy groups -OCH3 is 1. The molecule has 1 aliphatic rings. The summed E-state index contributed by atoms with van der Waals surface area (Å²) in [5.41, 5.74) is -0.641. The van der Waals surface area contributed by atoms with Crippen molar-refractivity contribution in [2.24, 2.45) is 0 Å². The smallest absolute Gasteiger partial charge is 0 e. The van der Waals surface area contributed by atoms with Gasteiger partial charge >= 0.3 is 67.8 Å². The third-order valence-corrected chi connectivity index (χ3v) is 15.7. The standard InChI is InChI=1S/C26H44O3Si2.6CO.2Co/c1-24(2,3)30(8,9)28-23-19-15-17-21-26(23,29-31(10,11)25(4,5)6)20-16-13-12-14-18-22-27-7;6*1-2;;/h12-13,15,19,23H,17,21-22H2,1-11H3;;;;;;;;/b13-12-;;;;;;;;. The Bertz CT molecular complexity index is 1010. The molecule has 0 aromatic carbocycles. The first-order chi connectivity index (χ1) is 20.1. The zero-order valence-corrected chi connectivity index (χ0v) is 31.9. The average Bonchev–Trinajstić information content (AvgIpc) is 2.99. The van der Waals surface area contributed by atoms with Crippen LogP contribution in [-0.4, -0.2) is 42.1 Å². The van der Waals surface area contributed by atoms with Gasteiger partial charge in [-0.25, -0.2) is 0 Å². The summed E-state index contributed by atoms with van der Waals surface area (Å²) < 4.78 is 63.9. The van der Waals surface area contributed by atoms with Gasteiger partial charge in [-0.05, 0) is 61.3 Å². The number of hydrogen-bond acceptors (Lipinski definition) is 3. The summed E-state index contributed by atoms with van der Waals surface area (Å²) in [6, 6.07) is 0. The Morgan fingerprint density at radius 3 is 1.53 bits per heavy atom. The zero-order valence-electron chi connectivity index (χ0n) is 27.8. The van der Waals surface area contributed by atoms with Crippen molar-refractivity contribution in [1.29, 1.82) is 0 Å². The number of rotatable bonds is 5. The predicted molar refractivity (Wildman–Crippen MR) is 162 cm³/mol. The number of ether oxygens (including phenoxy) is 1. The van der Waals surface area contributed by atoms with Gasteiger partial charge in [0.1, 0.15) is 18.3 Å². The maximum Gasteiger partial charge on any atom is 0 e. The van der Waals surface area contributed by atoms with Crippen molar-refractivity contribution in [3.05, 3.63) is 64.2 Å². The van der Waals surface area contributed by atoms with E-state index in [1.54, 1.807) is 19.3 Å². The summed E-state index contributed by atoms with van der Waals surface area (Å²) in [6.07, 6.45) is 9.60. The molecule has 0 bridgehead atoms. The van der Waals surface area contributed by atoms with Crippen LogP contribution in [0, 0.1) is 63.6 Å². The summed E-state index contributed by atoms with van der Waals surface area (Å²) in [6.45, 7) is 50.2. The van der Waals surface area contributed by atoms with Crippen molar-refractivity contribution in [2.75, 3.05) is 13.7 Å². The van der Waals surface area contributed by atoms with Crippen LogP contribution >= 0.6 is 0 Å². The topological polar surface area (TPSA) is 147 Å². The molecule has 252 valence electrons. The summed E-state index contributed by atoms with van der Waals surface area (Å²) in [7, 11) is -2.45. The minimum Gasteiger partial charge on any atom is 0 e. The maximum absolute atomic E-state index is 7.50. The molecule has 2 atom stereocenters. The Balaban J connectivity index is -0.000000145. The van der Waals surface area contributed by atoms with E-state index < -0.39 is 22.2 Å². The van der Waals surface area contributed by atoms with E-state index in [0.29, 0.717) is 6.61 Å². The quantitative estimate of drug-likeness (QED) is 0.105. The molecule has 0 spiro atoms. The van der Waals surface area contributed by atoms with Gasteiger partial charge in [-0.15, -0.1) is 0 Å². The fourth-order valence-corrected chi connectivity index (χ4v) is 5.48. The molecule has 0 heterocycles. The summed E-state index contributed by atoms with van der Waals surface area (Å²) >= 11 is 0. The molecule has 0 fully saturated rings. The monoisotopic (exact) mass is 746 g/mol. The van der Waals surface area contributed by atoms with Crippen LogP contribution in [0.4, 0.5) is 0 Å². The predicted octanol–water partition coefficient (Wildman–Crippen LogP) is 6.47. The van der Waals surface area contributed by atoms with Crippen LogP contribution in [-0.2, 0) is 75.1 Å². The van der Waals surface area contributed by atoms with Crippen LogP contribution in [0.25, 0.3) is 0 Å². The van der Waals surface area contributed by atoms with Crippen LogP contribution in [0.15, 0.2) is 24.3 Å². The second-order valence-corrected chi connectivity index (χ2v) is 20.9. The molecule has 0 aliphatic heterocycles. The fraction of sp³-hybridized carbons (Fsp3) is 0.562. The van der Waals surface area contributed by atoms with Crippen LogP contribution in [0.2, 0.25) is 36.3 Å². The van der Waals surface area contributed by atoms with E-state index in [1.165, 1.54) is 0 Å². The van der Waals surface area contributed by atoms with E-state index in [4.69, 9.17) is 41.5 Å². The van der Waals surface area contributed by atoms with Gasteiger partial charge in [-0.2, -0.15) is 0 Å². The van der Waals surface area contributed by atoms with E-state index in [9.17, 15) is 0 Å². The summed E-state index contributed by atoms with van der Waals surface area (Å²) in [5.74, 6) is 12.6. The summed E-state index contributed by atoms with van der Waals surface area (Å²) in [5, 5.41) is 0.205. The first-order valence-electron chi connectivity index (χ1n) is 12.5. The average molecular weight is 747 g/mol. The van der Waals surface area contributed by atoms with Crippen molar-refractivity contribution in [1.82, 2.24) is 0 Å². The normalized spacial score (nSPS) is 15.8. The minimum absolute atomic E-state index is 0. The Hall–Kier alpha value is -1.63. The van der Waals surface area contributed by atoms with Crippen molar-refractivity contribution < 1.29 is 75.1 Å². The number of hydrogen-bond donors (Lipinski definition) is 0. The van der Waals surface area contributed by atoms with Gasteiger partial charge < -0.3 is 13.6 Å². The molecule has 0 amide bonds. The molecule has 1 aliphatic carbocycles. The third kappa shape index (κ3) is 26.2. The molecule has 0 aromatic heterocycles. The van der Waals surface area contributed by atoms with Crippen LogP contribution in [0.5, 0.6) is 0 Å². The van der Waals surface area contributed by atoms with Crippen LogP contribution < -0.4 is 0 Å². The second kappa shape index (κ2) is 35.2. The molecule has 9 nitrogen and oxygen atoms in total. The van der Waals surface area contributed by atoms with Gasteiger partial charge in [-0.1, -0.05) is 77.4 Å². The SMILES string of the molecule is COCC#C/C=C\C#CC1(O[Si](C)(C)C(C)(C)C)CCC=CC1O[Si](C)(C)C(C)(C)C.[C-]#[O+].[C-]#[O+].[C-]#[O+].[C-]#[O+].[C-]#[O+].[C-]#[O+].[Co].[Co]. The molecule has 1 rings (SSSR count). The van der Waals surface area contributed by atoms with Gasteiger partial charge in [-0.3, -0.25) is 0 Å². The second-order valence-electron chi connectivity index (χ2n) is 11.4. The van der Waals surface area contributed by atoms with Crippen molar-refractivity contribution >= 4 is 16.6 Å². The van der Waals surface area contributed by atoms with E-state index in [0.717, 1.165) is 12.8 Å². The molecular formula is C32H44Co2O9Si2. The Labute approximate surface area is 294 Å². The first-order valence-corrected chi connectivity index (χ1v) is 18.3. The van der Waals surface area contributed by atoms with Gasteiger partial charge in [0.2, 0.25) is 0 Å². The van der Waals surface area contributed by atoms with Gasteiger partial charge in [0.15, 0.2) is 16.6 Å². The van der Waals surface area contributed by atoms with Crippen molar-refractivity contribution in [3.63, 3.8) is 0 Å². The molecular weight excluding hydrogens is 702 g/mol. The summed E-state index contributed by atoms with van der Waals surface area (Å²) in [4.78, 5) is 0. The van der Waals surface area contributed by atoms with E-state index in [-0.39, 0.29) is 49.7 Å². The van der Waals surface area contributed by atoms with Crippen LogP contribution in [0.3, 0.4) is 0 Å². The van der Waals surface area contributed by atoms with E-state index in [2.05, 4.69) is 143 Å². The Morgan fingerprint density at radius 1 is 0.756 bits per heavy atom. The van der Waals surface area contributed by atoms with Crippen LogP contribution in [0.1, 0.15) is 54.4 Å². The molecule has 0 N–H and O–H groups in total. The third-order valence-electron chi connectivity index (χ3n) is 6.78. The molecule has 0 aromatic rings. The van der Waals surface area contributed by atoms with Gasteiger partial charge in [0.05, 0.1) is 0 Å². The zero-order chi connectivity index (χ0) is 36.0. The first kappa shape index (κ1) is 62.2. The minimum atomic E-state index is -2.08. The number of allylic oxidation sites excluding steroid dienone is 3. The Morgan fingerprint density at radius 2 is 1.16 bits per heavy atom. The molecule has 45 heavy (non-hydrogen) atoms. The van der Waals surface area contributed by atoms with Gasteiger partial charge in [0, 0.05) is 40.7 Å². The maximum atomic E-state index is 7.50. The van der Waals surface area contributed by atoms with E-state index in [1.807, 2.05) is 0 Å². The largest absolute Gasteiger partial charge is 0 e. The molecule has 2 unspecified atom stereocenters. The molecule has 13 heteroatoms. The van der Waals surface area contributed by atoms with Crippen molar-refractivity contribution in [2.45, 2.75) is 102 Å². The fourth-order valence-electron chi connectivity index (χ4n) is 2.74. The molecule has 2 radical (unpaired) electrons. The van der Waals surface area contributed by atoms with E-state index >= 15 is 0 Å². The molecule has 0 saturated carbocycles.